The highest BCUT2D eigenvalue weighted by atomic mass is 16.5. The number of benzene rings is 1. The number of hydrogen-bond donors (Lipinski definition) is 2. The molecule has 1 fully saturated rings. The monoisotopic (exact) mass is 287 g/mol. The lowest BCUT2D eigenvalue weighted by Gasteiger charge is -2.17. The normalized spacial score (nSPS) is 21.6. The summed E-state index contributed by atoms with van der Waals surface area (Å²) in [6.07, 6.45) is 3.03. The van der Waals surface area contributed by atoms with Gasteiger partial charge in [0.1, 0.15) is 0 Å². The fraction of sp³-hybridized carbons (Fsp3) is 0.400. The van der Waals surface area contributed by atoms with Gasteiger partial charge in [-0.25, -0.2) is 4.79 Å². The van der Waals surface area contributed by atoms with Gasteiger partial charge in [0.2, 0.25) is 0 Å². The number of carboxylic acids is 1. The van der Waals surface area contributed by atoms with Gasteiger partial charge in [-0.1, -0.05) is 18.2 Å². The number of fused-ring (bicyclic) bond motifs is 1. The molecule has 1 aromatic heterocycles. The molecule has 110 valence electrons. The van der Waals surface area contributed by atoms with E-state index in [0.717, 1.165) is 24.6 Å². The van der Waals surface area contributed by atoms with E-state index < -0.39 is 5.97 Å². The maximum absolute atomic E-state index is 11.4. The summed E-state index contributed by atoms with van der Waals surface area (Å²) in [5.74, 6) is -1.07. The largest absolute Gasteiger partial charge is 0.476 e. The van der Waals surface area contributed by atoms with Crippen LogP contribution < -0.4 is 5.32 Å². The third-order valence-electron chi connectivity index (χ3n) is 3.94. The van der Waals surface area contributed by atoms with Gasteiger partial charge in [0.15, 0.2) is 5.69 Å². The number of aromatic nitrogens is 2. The number of anilines is 1. The predicted octanol–water partition coefficient (Wildman–Crippen LogP) is 2.31. The van der Waals surface area contributed by atoms with Crippen molar-refractivity contribution in [1.82, 2.24) is 10.2 Å². The van der Waals surface area contributed by atoms with Gasteiger partial charge in [0, 0.05) is 18.5 Å². The second-order valence-corrected chi connectivity index (χ2v) is 5.26. The molecule has 1 heterocycles. The quantitative estimate of drug-likeness (QED) is 0.897. The van der Waals surface area contributed by atoms with Crippen LogP contribution in [0.2, 0.25) is 0 Å². The average molecular weight is 287 g/mol. The molecule has 0 spiro atoms. The van der Waals surface area contributed by atoms with Gasteiger partial charge < -0.3 is 15.2 Å². The molecule has 0 aliphatic heterocycles. The number of carbonyl (C=O) groups is 1. The first kappa shape index (κ1) is 13.8. The Morgan fingerprint density at radius 3 is 2.86 bits per heavy atom. The summed E-state index contributed by atoms with van der Waals surface area (Å²) >= 11 is 0. The second-order valence-electron chi connectivity index (χ2n) is 5.26. The molecule has 0 bridgehead atoms. The molecular weight excluding hydrogens is 270 g/mol. The molecule has 1 aliphatic carbocycles. The fourth-order valence-electron chi connectivity index (χ4n) is 2.84. The van der Waals surface area contributed by atoms with Gasteiger partial charge in [-0.3, -0.25) is 0 Å². The van der Waals surface area contributed by atoms with Crippen molar-refractivity contribution in [2.24, 2.45) is 0 Å². The van der Waals surface area contributed by atoms with E-state index in [1.807, 2.05) is 24.3 Å². The van der Waals surface area contributed by atoms with E-state index in [1.54, 1.807) is 7.11 Å². The van der Waals surface area contributed by atoms with Gasteiger partial charge in [-0.05, 0) is 25.3 Å². The minimum absolute atomic E-state index is 0.0328. The Kier molecular flexibility index (Phi) is 3.70. The van der Waals surface area contributed by atoms with Crippen LogP contribution in [0.1, 0.15) is 29.8 Å². The molecule has 0 amide bonds. The van der Waals surface area contributed by atoms with Gasteiger partial charge >= 0.3 is 5.97 Å². The van der Waals surface area contributed by atoms with Crippen LogP contribution in [0, 0.1) is 0 Å². The van der Waals surface area contributed by atoms with Crippen molar-refractivity contribution in [3.63, 3.8) is 0 Å². The van der Waals surface area contributed by atoms with Crippen LogP contribution in [-0.2, 0) is 4.74 Å². The zero-order valence-corrected chi connectivity index (χ0v) is 11.7. The molecule has 0 radical (unpaired) electrons. The Morgan fingerprint density at radius 1 is 1.33 bits per heavy atom. The molecule has 2 unspecified atom stereocenters. The lowest BCUT2D eigenvalue weighted by atomic mass is 10.1. The summed E-state index contributed by atoms with van der Waals surface area (Å²) in [5, 5.41) is 21.3. The third kappa shape index (κ3) is 2.67. The van der Waals surface area contributed by atoms with Crippen molar-refractivity contribution >= 4 is 22.6 Å². The van der Waals surface area contributed by atoms with Crippen molar-refractivity contribution in [1.29, 1.82) is 0 Å². The van der Waals surface area contributed by atoms with E-state index >= 15 is 0 Å². The van der Waals surface area contributed by atoms with Crippen molar-refractivity contribution in [3.05, 3.63) is 30.0 Å². The zero-order chi connectivity index (χ0) is 14.8. The second kappa shape index (κ2) is 5.65. The van der Waals surface area contributed by atoms with Crippen LogP contribution in [0.3, 0.4) is 0 Å². The molecular formula is C15H17N3O3. The minimum Gasteiger partial charge on any atom is -0.476 e. The number of rotatable bonds is 4. The summed E-state index contributed by atoms with van der Waals surface area (Å²) in [6, 6.07) is 7.61. The van der Waals surface area contributed by atoms with Crippen LogP contribution in [0.4, 0.5) is 5.69 Å². The maximum Gasteiger partial charge on any atom is 0.358 e. The van der Waals surface area contributed by atoms with Crippen LogP contribution in [-0.4, -0.2) is 40.5 Å². The van der Waals surface area contributed by atoms with Crippen molar-refractivity contribution < 1.29 is 14.6 Å². The summed E-state index contributed by atoms with van der Waals surface area (Å²) in [4.78, 5) is 11.4. The number of nitrogens with one attached hydrogen (secondary N) is 1. The van der Waals surface area contributed by atoms with E-state index in [0.29, 0.717) is 11.2 Å². The van der Waals surface area contributed by atoms with Crippen LogP contribution in [0.5, 0.6) is 0 Å². The Balaban J connectivity index is 1.99. The Labute approximate surface area is 122 Å². The van der Waals surface area contributed by atoms with E-state index in [-0.39, 0.29) is 17.8 Å². The van der Waals surface area contributed by atoms with E-state index in [1.165, 1.54) is 0 Å². The molecule has 1 saturated carbocycles. The van der Waals surface area contributed by atoms with Crippen molar-refractivity contribution in [2.45, 2.75) is 31.4 Å². The Hall–Kier alpha value is -2.21. The fourth-order valence-corrected chi connectivity index (χ4v) is 2.84. The van der Waals surface area contributed by atoms with E-state index in [9.17, 15) is 9.90 Å². The number of nitrogens with zero attached hydrogens (tertiary/aromatic N) is 2. The van der Waals surface area contributed by atoms with Gasteiger partial charge in [-0.15, -0.1) is 10.2 Å². The first-order valence-corrected chi connectivity index (χ1v) is 6.97. The summed E-state index contributed by atoms with van der Waals surface area (Å²) in [5.41, 5.74) is 1.20. The number of carboxylic acid groups (broad SMARTS) is 1. The zero-order valence-electron chi connectivity index (χ0n) is 11.7. The molecule has 1 aromatic carbocycles. The number of hydrogen-bond acceptors (Lipinski definition) is 5. The number of ether oxygens (including phenoxy) is 1. The highest BCUT2D eigenvalue weighted by molar-refractivity contribution is 6.02. The van der Waals surface area contributed by atoms with Crippen molar-refractivity contribution in [2.75, 3.05) is 12.4 Å². The van der Waals surface area contributed by atoms with Crippen LogP contribution in [0.15, 0.2) is 24.3 Å². The lowest BCUT2D eigenvalue weighted by molar-refractivity contribution is 0.0690. The molecule has 6 heteroatoms. The highest BCUT2D eigenvalue weighted by Gasteiger charge is 2.26. The molecule has 2 N–H and O–H groups in total. The predicted molar refractivity (Wildman–Crippen MR) is 78.6 cm³/mol. The summed E-state index contributed by atoms with van der Waals surface area (Å²) < 4.78 is 5.36. The van der Waals surface area contributed by atoms with Gasteiger partial charge in [-0.2, -0.15) is 0 Å². The Bertz CT molecular complexity index is 674. The standard InChI is InChI=1S/C15H17N3O3/c1-21-10-7-6-9(8-10)16-13-11-4-2-3-5-12(11)17-18-14(13)15(19)20/h2-5,9-10H,6-8H2,1H3,(H,16,17)(H,19,20). The minimum atomic E-state index is -1.07. The molecule has 6 nitrogen and oxygen atoms in total. The maximum atomic E-state index is 11.4. The topological polar surface area (TPSA) is 84.3 Å². The van der Waals surface area contributed by atoms with Crippen LogP contribution in [0.25, 0.3) is 10.9 Å². The highest BCUT2D eigenvalue weighted by Crippen LogP contribution is 2.30. The van der Waals surface area contributed by atoms with E-state index in [4.69, 9.17) is 4.74 Å². The first-order chi connectivity index (χ1) is 10.2. The van der Waals surface area contributed by atoms with E-state index in [2.05, 4.69) is 15.5 Å². The van der Waals surface area contributed by atoms with Crippen LogP contribution >= 0.6 is 0 Å². The molecule has 3 rings (SSSR count). The van der Waals surface area contributed by atoms with Gasteiger partial charge in [0.25, 0.3) is 0 Å². The third-order valence-corrected chi connectivity index (χ3v) is 3.94. The smallest absolute Gasteiger partial charge is 0.358 e. The Morgan fingerprint density at radius 2 is 2.14 bits per heavy atom. The number of methoxy groups -OCH3 is 1. The molecule has 2 atom stereocenters. The molecule has 2 aromatic rings. The SMILES string of the molecule is COC1CCC(Nc2c(C(=O)O)nnc3ccccc23)C1. The molecule has 21 heavy (non-hydrogen) atoms. The average Bonchev–Trinajstić information content (AvgIpc) is 2.95. The summed E-state index contributed by atoms with van der Waals surface area (Å²) in [6.45, 7) is 0. The first-order valence-electron chi connectivity index (χ1n) is 6.97. The molecule has 0 saturated heterocycles. The molecule has 1 aliphatic rings. The number of aromatic carboxylic acids is 1. The summed E-state index contributed by atoms with van der Waals surface area (Å²) in [7, 11) is 1.71. The lowest BCUT2D eigenvalue weighted by Crippen LogP contribution is -2.20. The van der Waals surface area contributed by atoms with Crippen molar-refractivity contribution in [3.8, 4) is 0 Å². The van der Waals surface area contributed by atoms with Gasteiger partial charge in [0.05, 0.1) is 17.3 Å².